The first-order chi connectivity index (χ1) is 5.74. The third-order valence-electron chi connectivity index (χ3n) is 1.28. The minimum atomic E-state index is -0.375. The van der Waals surface area contributed by atoms with Crippen LogP contribution in [0, 0.1) is 0 Å². The Morgan fingerprint density at radius 3 is 2.92 bits per heavy atom. The van der Waals surface area contributed by atoms with E-state index in [2.05, 4.69) is 5.16 Å². The molecule has 0 aromatic heterocycles. The van der Waals surface area contributed by atoms with E-state index in [1.54, 1.807) is 18.2 Å². The van der Waals surface area contributed by atoms with Crippen molar-refractivity contribution in [2.24, 2.45) is 5.16 Å². The Balaban J connectivity index is 2.96. The van der Waals surface area contributed by atoms with Crippen LogP contribution < -0.4 is 0 Å². The number of rotatable bonds is 2. The van der Waals surface area contributed by atoms with E-state index >= 15 is 0 Å². The minimum absolute atomic E-state index is 0.375. The number of benzene rings is 1. The van der Waals surface area contributed by atoms with Gasteiger partial charge in [0.15, 0.2) is 0 Å². The standard InChI is InChI=1S/C8H6ClNO2/c9-7-3-1-2-6(4-7)8(11)5-10-12/h1-5,12H/b10-5-. The average molecular weight is 184 g/mol. The number of carbonyl (C=O) groups excluding carboxylic acids is 1. The molecule has 1 aromatic rings. The molecule has 12 heavy (non-hydrogen) atoms. The van der Waals surface area contributed by atoms with Gasteiger partial charge in [-0.3, -0.25) is 4.79 Å². The molecule has 0 aliphatic rings. The zero-order valence-electron chi connectivity index (χ0n) is 6.07. The van der Waals surface area contributed by atoms with E-state index in [-0.39, 0.29) is 5.78 Å². The van der Waals surface area contributed by atoms with Gasteiger partial charge in [0, 0.05) is 10.6 Å². The Morgan fingerprint density at radius 1 is 1.58 bits per heavy atom. The number of hydrogen-bond donors (Lipinski definition) is 1. The number of halogens is 1. The fourth-order valence-corrected chi connectivity index (χ4v) is 0.959. The molecule has 0 saturated heterocycles. The van der Waals surface area contributed by atoms with Gasteiger partial charge in [-0.25, -0.2) is 0 Å². The molecule has 0 aliphatic carbocycles. The summed E-state index contributed by atoms with van der Waals surface area (Å²) in [5.41, 5.74) is 0.403. The third-order valence-corrected chi connectivity index (χ3v) is 1.52. The van der Waals surface area contributed by atoms with Crippen molar-refractivity contribution in [1.29, 1.82) is 0 Å². The third kappa shape index (κ3) is 2.07. The molecule has 62 valence electrons. The molecule has 1 N–H and O–H groups in total. The summed E-state index contributed by atoms with van der Waals surface area (Å²) < 4.78 is 0. The summed E-state index contributed by atoms with van der Waals surface area (Å²) >= 11 is 5.63. The van der Waals surface area contributed by atoms with Gasteiger partial charge in [0.05, 0.1) is 0 Å². The molecule has 0 bridgehead atoms. The van der Waals surface area contributed by atoms with Crippen LogP contribution in [-0.4, -0.2) is 17.2 Å². The summed E-state index contributed by atoms with van der Waals surface area (Å²) in [5.74, 6) is -0.375. The molecule has 0 heterocycles. The van der Waals surface area contributed by atoms with Gasteiger partial charge in [-0.2, -0.15) is 0 Å². The second-order valence-corrected chi connectivity index (χ2v) is 2.56. The van der Waals surface area contributed by atoms with E-state index in [4.69, 9.17) is 16.8 Å². The van der Waals surface area contributed by atoms with Crippen LogP contribution in [0.2, 0.25) is 5.02 Å². The van der Waals surface area contributed by atoms with Gasteiger partial charge in [0.25, 0.3) is 0 Å². The predicted octanol–water partition coefficient (Wildman–Crippen LogP) is 1.98. The molecule has 3 nitrogen and oxygen atoms in total. The van der Waals surface area contributed by atoms with E-state index < -0.39 is 0 Å². The summed E-state index contributed by atoms with van der Waals surface area (Å²) in [7, 11) is 0. The smallest absolute Gasteiger partial charge is 0.207 e. The molecule has 0 spiro atoms. The summed E-state index contributed by atoms with van der Waals surface area (Å²) in [6, 6.07) is 6.41. The maximum Gasteiger partial charge on any atom is 0.207 e. The van der Waals surface area contributed by atoms with E-state index in [0.717, 1.165) is 6.21 Å². The minimum Gasteiger partial charge on any atom is -0.411 e. The van der Waals surface area contributed by atoms with Crippen LogP contribution >= 0.6 is 11.6 Å². The second-order valence-electron chi connectivity index (χ2n) is 2.12. The number of hydrogen-bond acceptors (Lipinski definition) is 3. The SMILES string of the molecule is O=C(/C=N\O)c1cccc(Cl)c1. The average Bonchev–Trinajstić information content (AvgIpc) is 2.05. The van der Waals surface area contributed by atoms with Crippen LogP contribution in [0.3, 0.4) is 0 Å². The van der Waals surface area contributed by atoms with Crippen LogP contribution in [0.4, 0.5) is 0 Å². The highest BCUT2D eigenvalue weighted by Gasteiger charge is 2.01. The van der Waals surface area contributed by atoms with Gasteiger partial charge in [-0.15, -0.1) is 0 Å². The normalized spacial score (nSPS) is 10.4. The predicted molar refractivity (Wildman–Crippen MR) is 46.1 cm³/mol. The van der Waals surface area contributed by atoms with Crippen LogP contribution in [0.25, 0.3) is 0 Å². The summed E-state index contributed by atoms with van der Waals surface area (Å²) in [6.07, 6.45) is 0.825. The van der Waals surface area contributed by atoms with Crippen molar-refractivity contribution >= 4 is 23.6 Å². The highest BCUT2D eigenvalue weighted by atomic mass is 35.5. The molecule has 1 aromatic carbocycles. The summed E-state index contributed by atoms with van der Waals surface area (Å²) in [4.78, 5) is 11.0. The zero-order chi connectivity index (χ0) is 8.97. The highest BCUT2D eigenvalue weighted by Crippen LogP contribution is 2.10. The molecule has 0 atom stereocenters. The van der Waals surface area contributed by atoms with Crippen LogP contribution in [-0.2, 0) is 0 Å². The molecule has 0 fully saturated rings. The number of oxime groups is 1. The van der Waals surface area contributed by atoms with Crippen LogP contribution in [0.5, 0.6) is 0 Å². The molecule has 4 heteroatoms. The van der Waals surface area contributed by atoms with E-state index in [1.165, 1.54) is 6.07 Å². The van der Waals surface area contributed by atoms with Gasteiger partial charge in [-0.1, -0.05) is 28.9 Å². The fraction of sp³-hybridized carbons (Fsp3) is 0. The molecule has 0 saturated carbocycles. The monoisotopic (exact) mass is 183 g/mol. The van der Waals surface area contributed by atoms with Gasteiger partial charge in [0.2, 0.25) is 5.78 Å². The Hall–Kier alpha value is -1.35. The zero-order valence-corrected chi connectivity index (χ0v) is 6.82. The Labute approximate surface area is 74.3 Å². The first-order valence-corrected chi connectivity index (χ1v) is 3.59. The largest absolute Gasteiger partial charge is 0.411 e. The quantitative estimate of drug-likeness (QED) is 0.330. The number of Topliss-reactive ketones (excluding diaryl/α,β-unsaturated/α-hetero) is 1. The number of carbonyl (C=O) groups is 1. The van der Waals surface area contributed by atoms with Crippen molar-refractivity contribution in [2.45, 2.75) is 0 Å². The summed E-state index contributed by atoms with van der Waals surface area (Å²) in [6.45, 7) is 0. The molecule has 0 radical (unpaired) electrons. The van der Waals surface area contributed by atoms with Crippen molar-refractivity contribution in [3.8, 4) is 0 Å². The first kappa shape index (κ1) is 8.74. The van der Waals surface area contributed by atoms with Crippen LogP contribution in [0.15, 0.2) is 29.4 Å². The first-order valence-electron chi connectivity index (χ1n) is 3.21. The Bertz CT molecular complexity index is 323. The maximum atomic E-state index is 11.0. The van der Waals surface area contributed by atoms with Gasteiger partial charge in [0.1, 0.15) is 6.21 Å². The Morgan fingerprint density at radius 2 is 2.33 bits per heavy atom. The van der Waals surface area contributed by atoms with Gasteiger partial charge >= 0.3 is 0 Å². The Kier molecular flexibility index (Phi) is 2.82. The second kappa shape index (κ2) is 3.88. The van der Waals surface area contributed by atoms with Crippen molar-refractivity contribution in [2.75, 3.05) is 0 Å². The van der Waals surface area contributed by atoms with Crippen LogP contribution in [0.1, 0.15) is 10.4 Å². The van der Waals surface area contributed by atoms with Gasteiger partial charge in [-0.05, 0) is 12.1 Å². The van der Waals surface area contributed by atoms with Crippen molar-refractivity contribution < 1.29 is 10.0 Å². The van der Waals surface area contributed by atoms with Crippen molar-refractivity contribution in [3.05, 3.63) is 34.9 Å². The lowest BCUT2D eigenvalue weighted by molar-refractivity contribution is 0.106. The lowest BCUT2D eigenvalue weighted by atomic mass is 10.1. The molecule has 0 aliphatic heterocycles. The highest BCUT2D eigenvalue weighted by molar-refractivity contribution is 6.36. The summed E-state index contributed by atoms with van der Waals surface area (Å²) in [5, 5.41) is 11.2. The lowest BCUT2D eigenvalue weighted by Crippen LogP contribution is -1.99. The van der Waals surface area contributed by atoms with E-state index in [9.17, 15) is 4.79 Å². The van der Waals surface area contributed by atoms with Crippen molar-refractivity contribution in [1.82, 2.24) is 0 Å². The van der Waals surface area contributed by atoms with Crippen molar-refractivity contribution in [3.63, 3.8) is 0 Å². The fourth-order valence-electron chi connectivity index (χ4n) is 0.769. The molecule has 1 rings (SSSR count). The molecular weight excluding hydrogens is 178 g/mol. The van der Waals surface area contributed by atoms with E-state index in [1.807, 2.05) is 0 Å². The number of ketones is 1. The molecular formula is C8H6ClNO2. The van der Waals surface area contributed by atoms with Gasteiger partial charge < -0.3 is 5.21 Å². The molecule has 0 unspecified atom stereocenters. The molecule has 0 amide bonds. The lowest BCUT2D eigenvalue weighted by Gasteiger charge is -1.93. The topological polar surface area (TPSA) is 49.7 Å². The van der Waals surface area contributed by atoms with E-state index in [0.29, 0.717) is 10.6 Å². The number of nitrogens with zero attached hydrogens (tertiary/aromatic N) is 1. The maximum absolute atomic E-state index is 11.0.